The van der Waals surface area contributed by atoms with E-state index in [1.165, 1.54) is 0 Å². The predicted molar refractivity (Wildman–Crippen MR) is 129 cm³/mol. The maximum Gasteiger partial charge on any atom is 0.191 e. The Balaban J connectivity index is 0.00000300. The number of aliphatic imine (C=N–C) groups is 1. The Bertz CT molecular complexity index is 765. The van der Waals surface area contributed by atoms with Gasteiger partial charge in [-0.3, -0.25) is 4.99 Å². The van der Waals surface area contributed by atoms with Crippen molar-refractivity contribution < 1.29 is 4.39 Å². The Labute approximate surface area is 190 Å². The van der Waals surface area contributed by atoms with Crippen molar-refractivity contribution >= 4 is 35.8 Å². The number of unbranched alkanes of at least 4 members (excludes halogenated alkanes) is 1. The molecule has 0 bridgehead atoms. The van der Waals surface area contributed by atoms with Gasteiger partial charge in [-0.25, -0.2) is 9.37 Å². The summed E-state index contributed by atoms with van der Waals surface area (Å²) in [4.78, 5) is 8.98. The molecule has 3 N–H and O–H groups in total. The minimum atomic E-state index is -0.125. The second-order valence-corrected chi connectivity index (χ2v) is 7.23. The summed E-state index contributed by atoms with van der Waals surface area (Å²) >= 11 is 0. The van der Waals surface area contributed by atoms with Crippen molar-refractivity contribution in [2.24, 2.45) is 4.99 Å². The van der Waals surface area contributed by atoms with Gasteiger partial charge < -0.3 is 16.0 Å². The maximum atomic E-state index is 14.2. The third kappa shape index (κ3) is 7.13. The first-order valence-electron chi connectivity index (χ1n) is 10.2. The van der Waals surface area contributed by atoms with Crippen LogP contribution in [0.5, 0.6) is 0 Å². The van der Waals surface area contributed by atoms with Crippen molar-refractivity contribution in [3.63, 3.8) is 0 Å². The molecule has 2 aromatic rings. The van der Waals surface area contributed by atoms with Crippen LogP contribution in [0.25, 0.3) is 0 Å². The second-order valence-electron chi connectivity index (χ2n) is 7.23. The topological polar surface area (TPSA) is 61.3 Å². The number of aromatic nitrogens is 1. The molecule has 1 aromatic heterocycles. The predicted octanol–water partition coefficient (Wildman–Crippen LogP) is 4.32. The quantitative estimate of drug-likeness (QED) is 0.193. The summed E-state index contributed by atoms with van der Waals surface area (Å²) in [7, 11) is 0. The average molecular weight is 511 g/mol. The summed E-state index contributed by atoms with van der Waals surface area (Å²) < 4.78 is 14.2. The molecular weight excluding hydrogens is 480 g/mol. The molecule has 0 atom stereocenters. The van der Waals surface area contributed by atoms with Crippen LogP contribution in [0, 0.1) is 5.82 Å². The first-order chi connectivity index (χ1) is 13.7. The molecule has 5 nitrogen and oxygen atoms in total. The van der Waals surface area contributed by atoms with Gasteiger partial charge in [-0.05, 0) is 56.4 Å². The number of rotatable bonds is 10. The summed E-state index contributed by atoms with van der Waals surface area (Å²) in [5, 5.41) is 9.99. The van der Waals surface area contributed by atoms with Crippen molar-refractivity contribution in [2.75, 3.05) is 31.5 Å². The van der Waals surface area contributed by atoms with E-state index in [4.69, 9.17) is 4.99 Å². The Kier molecular flexibility index (Phi) is 9.63. The summed E-state index contributed by atoms with van der Waals surface area (Å²) in [6.45, 7) is 5.22. The van der Waals surface area contributed by atoms with Gasteiger partial charge in [0.1, 0.15) is 11.6 Å². The summed E-state index contributed by atoms with van der Waals surface area (Å²) in [5.74, 6) is 1.60. The highest BCUT2D eigenvalue weighted by Crippen LogP contribution is 2.49. The molecule has 7 heteroatoms. The van der Waals surface area contributed by atoms with E-state index in [2.05, 4.69) is 27.9 Å². The molecule has 0 saturated heterocycles. The number of nitrogens with one attached hydrogen (secondary N) is 3. The zero-order valence-corrected chi connectivity index (χ0v) is 19.3. The number of hydrogen-bond donors (Lipinski definition) is 3. The van der Waals surface area contributed by atoms with Crippen molar-refractivity contribution in [3.8, 4) is 0 Å². The van der Waals surface area contributed by atoms with Gasteiger partial charge in [0.05, 0.1) is 6.54 Å². The third-order valence-electron chi connectivity index (χ3n) is 5.05. The maximum absolute atomic E-state index is 14.2. The van der Waals surface area contributed by atoms with Gasteiger partial charge in [-0.2, -0.15) is 0 Å². The summed E-state index contributed by atoms with van der Waals surface area (Å²) in [6, 6.07) is 12.9. The first kappa shape index (κ1) is 23.4. The first-order valence-corrected chi connectivity index (χ1v) is 10.2. The molecule has 1 aromatic carbocycles. The number of benzene rings is 1. The largest absolute Gasteiger partial charge is 0.370 e. The number of hydrogen-bond acceptors (Lipinski definition) is 3. The lowest BCUT2D eigenvalue weighted by Gasteiger charge is -2.16. The van der Waals surface area contributed by atoms with Crippen molar-refractivity contribution in [1.82, 2.24) is 15.6 Å². The van der Waals surface area contributed by atoms with Gasteiger partial charge in [-0.15, -0.1) is 24.0 Å². The molecule has 0 spiro atoms. The third-order valence-corrected chi connectivity index (χ3v) is 5.05. The van der Waals surface area contributed by atoms with Gasteiger partial charge >= 0.3 is 0 Å². The molecule has 29 heavy (non-hydrogen) atoms. The highest BCUT2D eigenvalue weighted by Gasteiger charge is 2.45. The van der Waals surface area contributed by atoms with Crippen LogP contribution in [-0.2, 0) is 5.41 Å². The molecule has 1 fully saturated rings. The van der Waals surface area contributed by atoms with Crippen LogP contribution in [0.4, 0.5) is 10.2 Å². The van der Waals surface area contributed by atoms with Gasteiger partial charge in [0.25, 0.3) is 0 Å². The van der Waals surface area contributed by atoms with Gasteiger partial charge in [-0.1, -0.05) is 24.3 Å². The van der Waals surface area contributed by atoms with Crippen LogP contribution >= 0.6 is 24.0 Å². The van der Waals surface area contributed by atoms with E-state index < -0.39 is 0 Å². The molecule has 1 aliphatic carbocycles. The lowest BCUT2D eigenvalue weighted by atomic mass is 9.95. The molecule has 0 aliphatic heterocycles. The molecule has 1 aliphatic rings. The van der Waals surface area contributed by atoms with E-state index >= 15 is 0 Å². The Hall–Kier alpha value is -1.90. The fourth-order valence-corrected chi connectivity index (χ4v) is 3.27. The molecule has 0 unspecified atom stereocenters. The van der Waals surface area contributed by atoms with Crippen molar-refractivity contribution in [1.29, 1.82) is 0 Å². The minimum Gasteiger partial charge on any atom is -0.370 e. The van der Waals surface area contributed by atoms with Crippen LogP contribution in [0.3, 0.4) is 0 Å². The van der Waals surface area contributed by atoms with E-state index in [1.54, 1.807) is 18.3 Å². The lowest BCUT2D eigenvalue weighted by Crippen LogP contribution is -2.38. The molecule has 1 saturated carbocycles. The molecule has 158 valence electrons. The highest BCUT2D eigenvalue weighted by molar-refractivity contribution is 14.0. The number of pyridine rings is 1. The number of anilines is 1. The Morgan fingerprint density at radius 2 is 1.83 bits per heavy atom. The molecular formula is C22H31FIN5. The van der Waals surface area contributed by atoms with Crippen LogP contribution in [0.15, 0.2) is 53.7 Å². The zero-order valence-electron chi connectivity index (χ0n) is 17.0. The monoisotopic (exact) mass is 511 g/mol. The van der Waals surface area contributed by atoms with Crippen LogP contribution in [-0.4, -0.2) is 37.1 Å². The fourth-order valence-electron chi connectivity index (χ4n) is 3.27. The fraction of sp³-hybridized carbons (Fsp3) is 0.455. The molecule has 1 heterocycles. The molecule has 0 amide bonds. The van der Waals surface area contributed by atoms with Gasteiger partial charge in [0.2, 0.25) is 0 Å². The van der Waals surface area contributed by atoms with Crippen molar-refractivity contribution in [2.45, 2.75) is 38.0 Å². The van der Waals surface area contributed by atoms with Crippen LogP contribution < -0.4 is 16.0 Å². The summed E-state index contributed by atoms with van der Waals surface area (Å²) in [6.07, 6.45) is 5.86. The molecule has 0 radical (unpaired) electrons. The number of guanidine groups is 1. The highest BCUT2D eigenvalue weighted by atomic mass is 127. The number of nitrogens with zero attached hydrogens (tertiary/aromatic N) is 2. The Morgan fingerprint density at radius 1 is 1.07 bits per heavy atom. The Morgan fingerprint density at radius 3 is 2.52 bits per heavy atom. The SMILES string of the molecule is CCNC(=NCC1(c2ccccc2F)CC1)NCCCCNc1ccccn1.I. The molecule has 3 rings (SSSR count). The zero-order chi connectivity index (χ0) is 19.7. The second kappa shape index (κ2) is 11.9. The standard InChI is InChI=1S/C22H30FN5.HI/c1-2-24-21(27-16-8-7-15-26-20-11-5-6-14-25-20)28-17-22(12-13-22)18-9-3-4-10-19(18)23;/h3-6,9-11,14H,2,7-8,12-13,15-17H2,1H3,(H,25,26)(H2,24,27,28);1H. The van der Waals surface area contributed by atoms with Crippen LogP contribution in [0.2, 0.25) is 0 Å². The van der Waals surface area contributed by atoms with E-state index in [1.807, 2.05) is 30.3 Å². The van der Waals surface area contributed by atoms with E-state index in [0.717, 1.165) is 62.7 Å². The summed E-state index contributed by atoms with van der Waals surface area (Å²) in [5.41, 5.74) is 0.676. The van der Waals surface area contributed by atoms with Gasteiger partial charge in [0.15, 0.2) is 5.96 Å². The lowest BCUT2D eigenvalue weighted by molar-refractivity contribution is 0.572. The van der Waals surface area contributed by atoms with E-state index in [0.29, 0.717) is 6.54 Å². The normalized spacial score (nSPS) is 14.6. The van der Waals surface area contributed by atoms with Gasteiger partial charge in [0, 0.05) is 31.2 Å². The average Bonchev–Trinajstić information content (AvgIpc) is 3.50. The van der Waals surface area contributed by atoms with Crippen LogP contribution in [0.1, 0.15) is 38.2 Å². The smallest absolute Gasteiger partial charge is 0.191 e. The van der Waals surface area contributed by atoms with E-state index in [-0.39, 0.29) is 35.2 Å². The van der Waals surface area contributed by atoms with Crippen molar-refractivity contribution in [3.05, 3.63) is 60.0 Å². The minimum absolute atomic E-state index is 0. The number of halogens is 2. The van der Waals surface area contributed by atoms with E-state index in [9.17, 15) is 4.39 Å².